The molecule has 0 aliphatic rings. The summed E-state index contributed by atoms with van der Waals surface area (Å²) in [5.74, 6) is 0. The van der Waals surface area contributed by atoms with Crippen LogP contribution >= 0.6 is 0 Å². The van der Waals surface area contributed by atoms with E-state index in [2.05, 4.69) is 0 Å². The minimum atomic E-state index is -0.616. The van der Waals surface area contributed by atoms with Gasteiger partial charge in [-0.05, 0) is 27.7 Å². The fraction of sp³-hybridized carbons (Fsp3) is 0.818. The molecule has 0 aliphatic carbocycles. The van der Waals surface area contributed by atoms with Gasteiger partial charge >= 0.3 is 6.09 Å². The third-order valence-electron chi connectivity index (χ3n) is 1.78. The smallest absolute Gasteiger partial charge is 0.411 e. The summed E-state index contributed by atoms with van der Waals surface area (Å²) >= 11 is 0. The Labute approximate surface area is 96.9 Å². The second-order valence-electron chi connectivity index (χ2n) is 4.40. The number of likely N-dealkylation sites (N-methyl/N-ethyl adjacent to an activating group) is 1. The van der Waals surface area contributed by atoms with Crippen LogP contribution in [0.1, 0.15) is 27.7 Å². The van der Waals surface area contributed by atoms with Gasteiger partial charge < -0.3 is 9.47 Å². The second kappa shape index (κ2) is 6.33. The highest BCUT2D eigenvalue weighted by molar-refractivity contribution is 5.68. The molecule has 0 heterocycles. The standard InChI is InChI=1S/C11H20N2O3/c1-6-15-8-9(7-12)13(5)10(14)16-11(2,3)4/h9H,6,8H2,1-5H3. The number of ether oxygens (including phenoxy) is 2. The number of hydrogen-bond acceptors (Lipinski definition) is 4. The van der Waals surface area contributed by atoms with Crippen molar-refractivity contribution in [3.8, 4) is 6.07 Å². The van der Waals surface area contributed by atoms with E-state index in [4.69, 9.17) is 14.7 Å². The Morgan fingerprint density at radius 2 is 2.06 bits per heavy atom. The summed E-state index contributed by atoms with van der Waals surface area (Å²) in [6, 6.07) is 1.39. The van der Waals surface area contributed by atoms with E-state index in [1.54, 1.807) is 20.8 Å². The molecule has 16 heavy (non-hydrogen) atoms. The van der Waals surface area contributed by atoms with E-state index in [1.165, 1.54) is 11.9 Å². The van der Waals surface area contributed by atoms with E-state index in [-0.39, 0.29) is 6.61 Å². The summed E-state index contributed by atoms with van der Waals surface area (Å²) in [7, 11) is 1.53. The van der Waals surface area contributed by atoms with Gasteiger partial charge in [0.15, 0.2) is 0 Å². The monoisotopic (exact) mass is 228 g/mol. The van der Waals surface area contributed by atoms with Crippen LogP contribution in [0.25, 0.3) is 0 Å². The normalized spacial score (nSPS) is 12.8. The summed E-state index contributed by atoms with van der Waals surface area (Å²) < 4.78 is 10.3. The van der Waals surface area contributed by atoms with Gasteiger partial charge in [-0.25, -0.2) is 4.79 Å². The Morgan fingerprint density at radius 1 is 1.50 bits per heavy atom. The van der Waals surface area contributed by atoms with Gasteiger partial charge in [0.05, 0.1) is 12.7 Å². The van der Waals surface area contributed by atoms with E-state index < -0.39 is 17.7 Å². The molecule has 1 amide bonds. The van der Waals surface area contributed by atoms with Crippen molar-refractivity contribution in [3.05, 3.63) is 0 Å². The lowest BCUT2D eigenvalue weighted by Gasteiger charge is -2.27. The van der Waals surface area contributed by atoms with Crippen molar-refractivity contribution in [2.24, 2.45) is 0 Å². The molecule has 0 aromatic heterocycles. The average Bonchev–Trinajstić information content (AvgIpc) is 2.16. The Bertz CT molecular complexity index is 265. The van der Waals surface area contributed by atoms with E-state index in [0.29, 0.717) is 6.61 Å². The predicted octanol–water partition coefficient (Wildman–Crippen LogP) is 1.78. The molecule has 0 saturated carbocycles. The topological polar surface area (TPSA) is 62.6 Å². The first kappa shape index (κ1) is 14.7. The molecule has 1 atom stereocenters. The minimum absolute atomic E-state index is 0.197. The third kappa shape index (κ3) is 5.56. The minimum Gasteiger partial charge on any atom is -0.444 e. The van der Waals surface area contributed by atoms with Crippen LogP contribution in [0.5, 0.6) is 0 Å². The van der Waals surface area contributed by atoms with Gasteiger partial charge in [-0.3, -0.25) is 4.90 Å². The molecule has 1 unspecified atom stereocenters. The molecule has 0 fully saturated rings. The van der Waals surface area contributed by atoms with Crippen molar-refractivity contribution in [1.29, 1.82) is 5.26 Å². The molecule has 0 N–H and O–H groups in total. The molecule has 0 rings (SSSR count). The summed E-state index contributed by atoms with van der Waals surface area (Å²) in [6.45, 7) is 7.89. The Balaban J connectivity index is 4.34. The number of carbonyl (C=O) groups is 1. The zero-order chi connectivity index (χ0) is 12.8. The van der Waals surface area contributed by atoms with Gasteiger partial charge in [-0.2, -0.15) is 5.26 Å². The van der Waals surface area contributed by atoms with Gasteiger partial charge in [-0.15, -0.1) is 0 Å². The van der Waals surface area contributed by atoms with E-state index in [0.717, 1.165) is 0 Å². The average molecular weight is 228 g/mol. The molecule has 0 aliphatic heterocycles. The Morgan fingerprint density at radius 3 is 2.44 bits per heavy atom. The van der Waals surface area contributed by atoms with Crippen LogP contribution in [0, 0.1) is 11.3 Å². The lowest BCUT2D eigenvalue weighted by Crippen LogP contribution is -2.42. The predicted molar refractivity (Wildman–Crippen MR) is 59.9 cm³/mol. The second-order valence-corrected chi connectivity index (χ2v) is 4.40. The summed E-state index contributed by atoms with van der Waals surface area (Å²) in [5.41, 5.74) is -0.559. The molecule has 5 heteroatoms. The molecule has 0 spiro atoms. The van der Waals surface area contributed by atoms with Gasteiger partial charge in [0.2, 0.25) is 0 Å². The highest BCUT2D eigenvalue weighted by Crippen LogP contribution is 2.10. The SMILES string of the molecule is CCOCC(C#N)N(C)C(=O)OC(C)(C)C. The van der Waals surface area contributed by atoms with Crippen LogP contribution in [0.2, 0.25) is 0 Å². The highest BCUT2D eigenvalue weighted by atomic mass is 16.6. The van der Waals surface area contributed by atoms with Crippen LogP contribution in [0.3, 0.4) is 0 Å². The number of amides is 1. The molecular formula is C11H20N2O3. The number of hydrogen-bond donors (Lipinski definition) is 0. The maximum absolute atomic E-state index is 11.6. The molecule has 0 aromatic rings. The zero-order valence-electron chi connectivity index (χ0n) is 10.6. The first-order valence-corrected chi connectivity index (χ1v) is 5.25. The molecule has 0 saturated heterocycles. The van der Waals surface area contributed by atoms with E-state index in [9.17, 15) is 4.79 Å². The van der Waals surface area contributed by atoms with Crippen LogP contribution < -0.4 is 0 Å². The lowest BCUT2D eigenvalue weighted by molar-refractivity contribution is 0.0166. The maximum Gasteiger partial charge on any atom is 0.411 e. The molecule has 0 radical (unpaired) electrons. The van der Waals surface area contributed by atoms with Gasteiger partial charge in [-0.1, -0.05) is 0 Å². The third-order valence-corrected chi connectivity index (χ3v) is 1.78. The molecule has 0 aromatic carbocycles. The summed E-state index contributed by atoms with van der Waals surface area (Å²) in [5, 5.41) is 8.89. The number of nitriles is 1. The van der Waals surface area contributed by atoms with E-state index in [1.807, 2.05) is 13.0 Å². The van der Waals surface area contributed by atoms with Crippen molar-refractivity contribution in [3.63, 3.8) is 0 Å². The fourth-order valence-electron chi connectivity index (χ4n) is 0.926. The molecule has 0 bridgehead atoms. The van der Waals surface area contributed by atoms with Gasteiger partial charge in [0.1, 0.15) is 11.6 Å². The van der Waals surface area contributed by atoms with Crippen molar-refractivity contribution in [1.82, 2.24) is 4.90 Å². The number of nitrogens with zero attached hydrogens (tertiary/aromatic N) is 2. The number of carbonyl (C=O) groups excluding carboxylic acids is 1. The number of rotatable bonds is 4. The van der Waals surface area contributed by atoms with Crippen molar-refractivity contribution in [2.75, 3.05) is 20.3 Å². The van der Waals surface area contributed by atoms with E-state index >= 15 is 0 Å². The lowest BCUT2D eigenvalue weighted by atomic mass is 10.2. The van der Waals surface area contributed by atoms with Crippen molar-refractivity contribution in [2.45, 2.75) is 39.3 Å². The maximum atomic E-state index is 11.6. The molecule has 92 valence electrons. The first-order valence-electron chi connectivity index (χ1n) is 5.25. The summed E-state index contributed by atoms with van der Waals surface area (Å²) in [6.07, 6.45) is -0.515. The Hall–Kier alpha value is -1.28. The quantitative estimate of drug-likeness (QED) is 0.735. The van der Waals surface area contributed by atoms with Gasteiger partial charge in [0.25, 0.3) is 0 Å². The van der Waals surface area contributed by atoms with Crippen LogP contribution in [-0.4, -0.2) is 42.9 Å². The molecule has 5 nitrogen and oxygen atoms in total. The molecular weight excluding hydrogens is 208 g/mol. The van der Waals surface area contributed by atoms with Crippen LogP contribution in [0.4, 0.5) is 4.79 Å². The summed E-state index contributed by atoms with van der Waals surface area (Å²) in [4.78, 5) is 12.9. The van der Waals surface area contributed by atoms with Gasteiger partial charge in [0, 0.05) is 13.7 Å². The first-order chi connectivity index (χ1) is 7.31. The fourth-order valence-corrected chi connectivity index (χ4v) is 0.926. The highest BCUT2D eigenvalue weighted by Gasteiger charge is 2.25. The van der Waals surface area contributed by atoms with Crippen molar-refractivity contribution >= 4 is 6.09 Å². The van der Waals surface area contributed by atoms with Crippen molar-refractivity contribution < 1.29 is 14.3 Å². The van der Waals surface area contributed by atoms with Crippen LogP contribution in [-0.2, 0) is 9.47 Å². The largest absolute Gasteiger partial charge is 0.444 e. The van der Waals surface area contributed by atoms with Crippen LogP contribution in [0.15, 0.2) is 0 Å². The zero-order valence-corrected chi connectivity index (χ0v) is 10.6. The Kier molecular flexibility index (Phi) is 5.83.